The highest BCUT2D eigenvalue weighted by molar-refractivity contribution is 4.95. The van der Waals surface area contributed by atoms with E-state index in [1.54, 1.807) is 6.08 Å². The minimum Gasteiger partial charge on any atom is -0.390 e. The van der Waals surface area contributed by atoms with E-state index in [1.165, 1.54) is 0 Å². The Labute approximate surface area is 118 Å². The van der Waals surface area contributed by atoms with Gasteiger partial charge >= 0.3 is 0 Å². The summed E-state index contributed by atoms with van der Waals surface area (Å²) >= 11 is 0. The first kappa shape index (κ1) is 18.6. The van der Waals surface area contributed by atoms with Crippen molar-refractivity contribution in [3.63, 3.8) is 0 Å². The second-order valence-corrected chi connectivity index (χ2v) is 5.50. The highest BCUT2D eigenvalue weighted by atomic mass is 16.4. The lowest BCUT2D eigenvalue weighted by Gasteiger charge is -2.37. The third-order valence-corrected chi connectivity index (χ3v) is 3.81. The molecule has 3 nitrogen and oxygen atoms in total. The molecule has 0 aromatic heterocycles. The van der Waals surface area contributed by atoms with Gasteiger partial charge in [0, 0.05) is 0 Å². The number of hydrogen-bond donors (Lipinski definition) is 3. The lowest BCUT2D eigenvalue weighted by Crippen LogP contribution is -2.52. The van der Waals surface area contributed by atoms with Crippen LogP contribution < -0.4 is 0 Å². The maximum absolute atomic E-state index is 10.7. The molecule has 0 aliphatic heterocycles. The van der Waals surface area contributed by atoms with Crippen LogP contribution in [0, 0.1) is 0 Å². The fourth-order valence-electron chi connectivity index (χ4n) is 2.41. The molecule has 3 unspecified atom stereocenters. The molecule has 19 heavy (non-hydrogen) atoms. The molecule has 0 saturated heterocycles. The van der Waals surface area contributed by atoms with Gasteiger partial charge in [-0.15, -0.1) is 6.58 Å². The molecule has 0 bridgehead atoms. The second kappa shape index (κ2) is 10.4. The van der Waals surface area contributed by atoms with Gasteiger partial charge in [-0.2, -0.15) is 0 Å². The molecule has 3 heteroatoms. The van der Waals surface area contributed by atoms with Crippen molar-refractivity contribution in [3.8, 4) is 0 Å². The molecule has 0 spiro atoms. The maximum Gasteiger partial charge on any atom is 0.116 e. The van der Waals surface area contributed by atoms with Crippen molar-refractivity contribution in [1.29, 1.82) is 0 Å². The van der Waals surface area contributed by atoms with E-state index in [9.17, 15) is 15.3 Å². The molecule has 3 atom stereocenters. The van der Waals surface area contributed by atoms with Crippen LogP contribution in [-0.2, 0) is 0 Å². The molecule has 0 aromatic rings. The number of aliphatic hydroxyl groups excluding tert-OH is 2. The van der Waals surface area contributed by atoms with Crippen molar-refractivity contribution in [2.45, 2.75) is 89.4 Å². The molecular weight excluding hydrogens is 240 g/mol. The standard InChI is InChI=1S/C16H32O3/c1-4-7-9-12-15(18)16(19,13-10-8-5-2)14(17)11-6-3/h6,14-15,17-19H,3-5,7-13H2,1-2H3. The van der Waals surface area contributed by atoms with E-state index in [4.69, 9.17) is 0 Å². The Morgan fingerprint density at radius 2 is 1.58 bits per heavy atom. The molecule has 3 N–H and O–H groups in total. The van der Waals surface area contributed by atoms with E-state index in [0.717, 1.165) is 38.5 Å². The molecule has 0 radical (unpaired) electrons. The topological polar surface area (TPSA) is 60.7 Å². The smallest absolute Gasteiger partial charge is 0.116 e. The largest absolute Gasteiger partial charge is 0.390 e. The van der Waals surface area contributed by atoms with Crippen LogP contribution in [0.5, 0.6) is 0 Å². The minimum atomic E-state index is -1.39. The fourth-order valence-corrected chi connectivity index (χ4v) is 2.41. The van der Waals surface area contributed by atoms with E-state index in [0.29, 0.717) is 19.3 Å². The molecule has 0 rings (SSSR count). The summed E-state index contributed by atoms with van der Waals surface area (Å²) in [6.45, 7) is 7.79. The third kappa shape index (κ3) is 6.55. The first-order valence-electron chi connectivity index (χ1n) is 7.72. The third-order valence-electron chi connectivity index (χ3n) is 3.81. The number of rotatable bonds is 12. The SMILES string of the molecule is C=CCC(O)C(O)(CCCCC)C(O)CCCCC. The van der Waals surface area contributed by atoms with Gasteiger partial charge in [-0.1, -0.05) is 58.4 Å². The second-order valence-electron chi connectivity index (χ2n) is 5.50. The summed E-state index contributed by atoms with van der Waals surface area (Å²) in [5.74, 6) is 0. The average molecular weight is 272 g/mol. The molecule has 0 heterocycles. The van der Waals surface area contributed by atoms with E-state index < -0.39 is 17.8 Å². The van der Waals surface area contributed by atoms with Crippen molar-refractivity contribution in [2.24, 2.45) is 0 Å². The first-order valence-corrected chi connectivity index (χ1v) is 7.72. The van der Waals surface area contributed by atoms with Crippen molar-refractivity contribution < 1.29 is 15.3 Å². The van der Waals surface area contributed by atoms with Gasteiger partial charge in [0.2, 0.25) is 0 Å². The van der Waals surface area contributed by atoms with Crippen LogP contribution in [0.3, 0.4) is 0 Å². The summed E-state index contributed by atoms with van der Waals surface area (Å²) in [7, 11) is 0. The van der Waals surface area contributed by atoms with Crippen LogP contribution in [0.4, 0.5) is 0 Å². The first-order chi connectivity index (χ1) is 9.02. The summed E-state index contributed by atoms with van der Waals surface area (Å²) in [6.07, 6.45) is 7.00. The Kier molecular flexibility index (Phi) is 10.2. The number of hydrogen-bond acceptors (Lipinski definition) is 3. The Balaban J connectivity index is 4.56. The molecule has 0 aliphatic carbocycles. The monoisotopic (exact) mass is 272 g/mol. The zero-order valence-electron chi connectivity index (χ0n) is 12.6. The number of aliphatic hydroxyl groups is 3. The summed E-state index contributed by atoms with van der Waals surface area (Å²) in [6, 6.07) is 0. The molecule has 0 fully saturated rings. The predicted octanol–water partition coefficient (Wildman–Crippen LogP) is 3.18. The summed E-state index contributed by atoms with van der Waals surface area (Å²) in [5.41, 5.74) is -1.39. The highest BCUT2D eigenvalue weighted by Gasteiger charge is 2.40. The zero-order valence-corrected chi connectivity index (χ0v) is 12.6. The Hall–Kier alpha value is -0.380. The quantitative estimate of drug-likeness (QED) is 0.378. The van der Waals surface area contributed by atoms with Gasteiger partial charge in [0.1, 0.15) is 5.60 Å². The molecule has 0 amide bonds. The van der Waals surface area contributed by atoms with Crippen LogP contribution >= 0.6 is 0 Å². The van der Waals surface area contributed by atoms with Crippen molar-refractivity contribution in [1.82, 2.24) is 0 Å². The summed E-state index contributed by atoms with van der Waals surface area (Å²) < 4.78 is 0. The minimum absolute atomic E-state index is 0.313. The van der Waals surface area contributed by atoms with Crippen molar-refractivity contribution in [2.75, 3.05) is 0 Å². The van der Waals surface area contributed by atoms with E-state index >= 15 is 0 Å². The van der Waals surface area contributed by atoms with Gasteiger partial charge in [0.15, 0.2) is 0 Å². The summed E-state index contributed by atoms with van der Waals surface area (Å²) in [5, 5.41) is 31.0. The Morgan fingerprint density at radius 1 is 1.00 bits per heavy atom. The molecule has 114 valence electrons. The molecular formula is C16H32O3. The van der Waals surface area contributed by atoms with Gasteiger partial charge in [0.05, 0.1) is 12.2 Å². The maximum atomic E-state index is 10.7. The van der Waals surface area contributed by atoms with Gasteiger partial charge in [-0.3, -0.25) is 0 Å². The van der Waals surface area contributed by atoms with E-state index in [-0.39, 0.29) is 0 Å². The number of unbranched alkanes of at least 4 members (excludes halogenated alkanes) is 4. The zero-order chi connectivity index (χ0) is 14.7. The lowest BCUT2D eigenvalue weighted by atomic mass is 9.81. The lowest BCUT2D eigenvalue weighted by molar-refractivity contribution is -0.152. The van der Waals surface area contributed by atoms with Gasteiger partial charge in [-0.25, -0.2) is 0 Å². The van der Waals surface area contributed by atoms with Gasteiger partial charge < -0.3 is 15.3 Å². The average Bonchev–Trinajstić information content (AvgIpc) is 2.39. The predicted molar refractivity (Wildman–Crippen MR) is 80.1 cm³/mol. The van der Waals surface area contributed by atoms with Crippen molar-refractivity contribution in [3.05, 3.63) is 12.7 Å². The van der Waals surface area contributed by atoms with Crippen LogP contribution in [0.2, 0.25) is 0 Å². The highest BCUT2D eigenvalue weighted by Crippen LogP contribution is 2.28. The fraction of sp³-hybridized carbons (Fsp3) is 0.875. The van der Waals surface area contributed by atoms with Crippen LogP contribution in [0.15, 0.2) is 12.7 Å². The van der Waals surface area contributed by atoms with Crippen LogP contribution in [0.25, 0.3) is 0 Å². The van der Waals surface area contributed by atoms with E-state index in [1.807, 2.05) is 0 Å². The van der Waals surface area contributed by atoms with E-state index in [2.05, 4.69) is 20.4 Å². The Bertz CT molecular complexity index is 230. The molecule has 0 saturated carbocycles. The molecule has 0 aliphatic rings. The summed E-state index contributed by atoms with van der Waals surface area (Å²) in [4.78, 5) is 0. The normalized spacial score (nSPS) is 17.7. The molecule has 0 aromatic carbocycles. The van der Waals surface area contributed by atoms with Gasteiger partial charge in [-0.05, 0) is 19.3 Å². The van der Waals surface area contributed by atoms with Crippen molar-refractivity contribution >= 4 is 0 Å². The van der Waals surface area contributed by atoms with Crippen LogP contribution in [-0.4, -0.2) is 33.1 Å². The van der Waals surface area contributed by atoms with Gasteiger partial charge in [0.25, 0.3) is 0 Å². The Morgan fingerprint density at radius 3 is 2.11 bits per heavy atom. The van der Waals surface area contributed by atoms with Crippen LogP contribution in [0.1, 0.15) is 71.6 Å².